The van der Waals surface area contributed by atoms with Gasteiger partial charge in [0.2, 0.25) is 0 Å². The monoisotopic (exact) mass is 186 g/mol. The molecule has 0 aliphatic rings. The maximum Gasteiger partial charge on any atom is 0.306 e. The molecule has 0 aromatic heterocycles. The van der Waals surface area contributed by atoms with Gasteiger partial charge in [0.05, 0.1) is 13.5 Å². The van der Waals surface area contributed by atoms with Crippen LogP contribution < -0.4 is 0 Å². The van der Waals surface area contributed by atoms with Crippen LogP contribution >= 0.6 is 0 Å². The summed E-state index contributed by atoms with van der Waals surface area (Å²) in [5, 5.41) is 0. The summed E-state index contributed by atoms with van der Waals surface area (Å²) < 4.78 is 4.58. The van der Waals surface area contributed by atoms with Crippen molar-refractivity contribution < 1.29 is 14.3 Å². The van der Waals surface area contributed by atoms with E-state index in [1.807, 2.05) is 13.8 Å². The number of ether oxygens (including phenoxy) is 1. The van der Waals surface area contributed by atoms with Crippen LogP contribution in [0.15, 0.2) is 0 Å². The van der Waals surface area contributed by atoms with Crippen molar-refractivity contribution in [3.8, 4) is 0 Å². The Balaban J connectivity index is 4.27. The minimum atomic E-state index is -0.245. The quantitative estimate of drug-likeness (QED) is 0.616. The number of methoxy groups -OCH3 is 1. The highest BCUT2D eigenvalue weighted by atomic mass is 16.5. The van der Waals surface area contributed by atoms with E-state index in [0.717, 1.165) is 6.42 Å². The maximum atomic E-state index is 11.0. The van der Waals surface area contributed by atoms with Gasteiger partial charge in [-0.1, -0.05) is 13.8 Å². The van der Waals surface area contributed by atoms with Gasteiger partial charge in [0.15, 0.2) is 0 Å². The summed E-state index contributed by atoms with van der Waals surface area (Å²) in [7, 11) is 1.37. The van der Waals surface area contributed by atoms with Crippen LogP contribution in [0.5, 0.6) is 0 Å². The molecule has 76 valence electrons. The third-order valence-corrected chi connectivity index (χ3v) is 2.33. The Hall–Kier alpha value is -0.860. The van der Waals surface area contributed by atoms with Crippen LogP contribution in [0.3, 0.4) is 0 Å². The van der Waals surface area contributed by atoms with Crippen LogP contribution in [0.25, 0.3) is 0 Å². The van der Waals surface area contributed by atoms with Crippen molar-refractivity contribution in [2.45, 2.75) is 40.0 Å². The predicted octanol–water partition coefficient (Wildman–Crippen LogP) is 1.94. The normalized spacial score (nSPS) is 14.8. The maximum absolute atomic E-state index is 11.0. The summed E-state index contributed by atoms with van der Waals surface area (Å²) in [4.78, 5) is 22.0. The van der Waals surface area contributed by atoms with Crippen molar-refractivity contribution in [1.82, 2.24) is 0 Å². The van der Waals surface area contributed by atoms with Crippen molar-refractivity contribution in [1.29, 1.82) is 0 Å². The Bertz CT molecular complexity index is 198. The fourth-order valence-electron chi connectivity index (χ4n) is 1.33. The fraction of sp³-hybridized carbons (Fsp3) is 0.800. The molecule has 3 heteroatoms. The molecule has 0 aromatic carbocycles. The molecule has 0 N–H and O–H groups in total. The summed E-state index contributed by atoms with van der Waals surface area (Å²) in [5.74, 6) is -0.126. The van der Waals surface area contributed by atoms with Crippen LogP contribution in [0, 0.1) is 5.41 Å². The number of ketones is 1. The molecule has 0 saturated heterocycles. The smallest absolute Gasteiger partial charge is 0.306 e. The molecule has 0 amide bonds. The zero-order valence-corrected chi connectivity index (χ0v) is 8.85. The number of rotatable bonds is 5. The van der Waals surface area contributed by atoms with Gasteiger partial charge in [-0.05, 0) is 18.8 Å². The fourth-order valence-corrected chi connectivity index (χ4v) is 1.33. The first kappa shape index (κ1) is 12.1. The molecule has 0 heterocycles. The third kappa shape index (κ3) is 4.65. The van der Waals surface area contributed by atoms with E-state index >= 15 is 0 Å². The van der Waals surface area contributed by atoms with E-state index in [1.54, 1.807) is 6.92 Å². The molecular weight excluding hydrogens is 168 g/mol. The molecule has 0 aromatic rings. The zero-order chi connectivity index (χ0) is 10.5. The molecular formula is C10H18O3. The molecule has 0 fully saturated rings. The van der Waals surface area contributed by atoms with E-state index in [2.05, 4.69) is 4.74 Å². The van der Waals surface area contributed by atoms with E-state index < -0.39 is 0 Å². The van der Waals surface area contributed by atoms with E-state index in [4.69, 9.17) is 0 Å². The van der Waals surface area contributed by atoms with Gasteiger partial charge in [-0.15, -0.1) is 0 Å². The van der Waals surface area contributed by atoms with Crippen molar-refractivity contribution in [2.75, 3.05) is 7.11 Å². The molecule has 1 atom stereocenters. The first-order chi connectivity index (χ1) is 5.93. The molecule has 1 unspecified atom stereocenters. The lowest BCUT2D eigenvalue weighted by atomic mass is 9.79. The summed E-state index contributed by atoms with van der Waals surface area (Å²) in [6.45, 7) is 5.46. The minimum Gasteiger partial charge on any atom is -0.469 e. The van der Waals surface area contributed by atoms with E-state index in [0.29, 0.717) is 12.8 Å². The lowest BCUT2D eigenvalue weighted by Crippen LogP contribution is -2.23. The van der Waals surface area contributed by atoms with Crippen LogP contribution in [-0.2, 0) is 14.3 Å². The average molecular weight is 186 g/mol. The van der Waals surface area contributed by atoms with E-state index in [-0.39, 0.29) is 17.2 Å². The molecule has 0 rings (SSSR count). The second kappa shape index (κ2) is 5.00. The van der Waals surface area contributed by atoms with E-state index in [1.165, 1.54) is 7.11 Å². The number of carbonyl (C=O) groups excluding carboxylic acids is 2. The molecule has 13 heavy (non-hydrogen) atoms. The van der Waals surface area contributed by atoms with E-state index in [9.17, 15) is 9.59 Å². The Kier molecular flexibility index (Phi) is 4.67. The highest BCUT2D eigenvalue weighted by Crippen LogP contribution is 2.30. The number of esters is 1. The van der Waals surface area contributed by atoms with Gasteiger partial charge in [0, 0.05) is 6.42 Å². The topological polar surface area (TPSA) is 43.4 Å². The number of Topliss-reactive ketones (excluding diaryl/α,β-unsaturated/α-hetero) is 1. The number of hydrogen-bond acceptors (Lipinski definition) is 3. The average Bonchev–Trinajstić information content (AvgIpc) is 2.02. The van der Waals surface area contributed by atoms with Crippen LogP contribution in [-0.4, -0.2) is 18.9 Å². The molecule has 0 bridgehead atoms. The van der Waals surface area contributed by atoms with Gasteiger partial charge < -0.3 is 9.53 Å². The van der Waals surface area contributed by atoms with Crippen LogP contribution in [0.1, 0.15) is 40.0 Å². The SMILES string of the molecule is CCC(C)(CC(C)=O)CC(=O)OC. The van der Waals surface area contributed by atoms with Gasteiger partial charge in [0.1, 0.15) is 5.78 Å². The van der Waals surface area contributed by atoms with Gasteiger partial charge in [-0.2, -0.15) is 0 Å². The summed E-state index contributed by atoms with van der Waals surface area (Å²) >= 11 is 0. The van der Waals surface area contributed by atoms with Crippen molar-refractivity contribution in [3.63, 3.8) is 0 Å². The second-order valence-corrected chi connectivity index (χ2v) is 3.80. The summed E-state index contributed by atoms with van der Waals surface area (Å²) in [5.41, 5.74) is -0.237. The van der Waals surface area contributed by atoms with Crippen molar-refractivity contribution in [2.24, 2.45) is 5.41 Å². The lowest BCUT2D eigenvalue weighted by Gasteiger charge is -2.25. The van der Waals surface area contributed by atoms with Crippen LogP contribution in [0.4, 0.5) is 0 Å². The lowest BCUT2D eigenvalue weighted by molar-refractivity contribution is -0.143. The van der Waals surface area contributed by atoms with Gasteiger partial charge >= 0.3 is 5.97 Å². The molecule has 0 aliphatic heterocycles. The first-order valence-electron chi connectivity index (χ1n) is 4.50. The Morgan fingerprint density at radius 2 is 1.85 bits per heavy atom. The summed E-state index contributed by atoms with van der Waals surface area (Å²) in [6.07, 6.45) is 1.57. The highest BCUT2D eigenvalue weighted by molar-refractivity contribution is 5.77. The zero-order valence-electron chi connectivity index (χ0n) is 8.85. The van der Waals surface area contributed by atoms with Gasteiger partial charge in [0.25, 0.3) is 0 Å². The molecule has 0 radical (unpaired) electrons. The second-order valence-electron chi connectivity index (χ2n) is 3.80. The Morgan fingerprint density at radius 1 is 1.31 bits per heavy atom. The van der Waals surface area contributed by atoms with Crippen molar-refractivity contribution in [3.05, 3.63) is 0 Å². The molecule has 3 nitrogen and oxygen atoms in total. The third-order valence-electron chi connectivity index (χ3n) is 2.33. The molecule has 0 spiro atoms. The van der Waals surface area contributed by atoms with Crippen LogP contribution in [0.2, 0.25) is 0 Å². The predicted molar refractivity (Wildman–Crippen MR) is 50.3 cm³/mol. The number of carbonyl (C=O) groups is 2. The standard InChI is InChI=1S/C10H18O3/c1-5-10(3,6-8(2)11)7-9(12)13-4/h5-7H2,1-4H3. The first-order valence-corrected chi connectivity index (χ1v) is 4.50. The largest absolute Gasteiger partial charge is 0.469 e. The van der Waals surface area contributed by atoms with Gasteiger partial charge in [-0.25, -0.2) is 0 Å². The Morgan fingerprint density at radius 3 is 2.15 bits per heavy atom. The van der Waals surface area contributed by atoms with Gasteiger partial charge in [-0.3, -0.25) is 4.79 Å². The minimum absolute atomic E-state index is 0.119. The highest BCUT2D eigenvalue weighted by Gasteiger charge is 2.27. The van der Waals surface area contributed by atoms with Crippen molar-refractivity contribution >= 4 is 11.8 Å². The molecule has 0 saturated carbocycles. The Labute approximate surface area is 79.5 Å². The number of hydrogen-bond donors (Lipinski definition) is 0. The molecule has 0 aliphatic carbocycles. The summed E-state index contributed by atoms with van der Waals surface area (Å²) in [6, 6.07) is 0.